The molecule has 164 valence electrons. The maximum absolute atomic E-state index is 13.9. The number of halogens is 2. The van der Waals surface area contributed by atoms with E-state index in [0.717, 1.165) is 23.2 Å². The number of hydrogen-bond acceptors (Lipinski definition) is 5. The van der Waals surface area contributed by atoms with Gasteiger partial charge in [0.25, 0.3) is 0 Å². The van der Waals surface area contributed by atoms with Gasteiger partial charge < -0.3 is 14.2 Å². The zero-order valence-electron chi connectivity index (χ0n) is 17.2. The number of nitrogens with zero attached hydrogens (tertiary/aromatic N) is 2. The molecule has 0 spiro atoms. The van der Waals surface area contributed by atoms with Gasteiger partial charge in [-0.25, -0.2) is 18.7 Å². The number of aromatic nitrogens is 2. The zero-order valence-corrected chi connectivity index (χ0v) is 17.2. The Balaban J connectivity index is 1.20. The van der Waals surface area contributed by atoms with Crippen LogP contribution < -0.4 is 5.32 Å². The Morgan fingerprint density at radius 2 is 1.67 bits per heavy atom. The first kappa shape index (κ1) is 20.6. The van der Waals surface area contributed by atoms with Crippen LogP contribution in [-0.2, 0) is 11.2 Å². The third kappa shape index (κ3) is 4.36. The number of anilines is 1. The summed E-state index contributed by atoms with van der Waals surface area (Å²) in [5.74, 6) is -1.03. The fraction of sp³-hybridized carbons (Fsp3) is 0.0800. The molecule has 0 aliphatic heterocycles. The van der Waals surface area contributed by atoms with Crippen molar-refractivity contribution in [3.05, 3.63) is 90.5 Å². The van der Waals surface area contributed by atoms with E-state index in [2.05, 4.69) is 15.3 Å². The van der Waals surface area contributed by atoms with Crippen LogP contribution in [0, 0.1) is 11.6 Å². The summed E-state index contributed by atoms with van der Waals surface area (Å²) < 4.78 is 39.0. The number of fused-ring (bicyclic) bond motifs is 1. The standard InChI is InChI=1S/C25H17F2N3O3/c26-17-4-3-5-18(27)24(17)21-14-28-23(32-21)13-12-22(31)29-16-10-8-15(9-11-16)25-30-19-6-1-2-7-20(19)33-25/h1-11,14H,12-13H2,(H,29,31). The Labute approximate surface area is 186 Å². The lowest BCUT2D eigenvalue weighted by molar-refractivity contribution is -0.116. The number of hydrogen-bond donors (Lipinski definition) is 1. The molecule has 5 rings (SSSR count). The average molecular weight is 445 g/mol. The second kappa shape index (κ2) is 8.66. The predicted octanol–water partition coefficient (Wildman–Crippen LogP) is 6.00. The third-order valence-electron chi connectivity index (χ3n) is 5.04. The molecule has 6 nitrogen and oxygen atoms in total. The zero-order chi connectivity index (χ0) is 22.8. The number of oxazole rings is 2. The minimum absolute atomic E-state index is 0.0178. The second-order valence-corrected chi connectivity index (χ2v) is 7.33. The molecule has 0 saturated carbocycles. The van der Waals surface area contributed by atoms with Gasteiger partial charge in [0.05, 0.1) is 11.8 Å². The largest absolute Gasteiger partial charge is 0.441 e. The first-order valence-electron chi connectivity index (χ1n) is 10.2. The van der Waals surface area contributed by atoms with Crippen LogP contribution in [0.15, 0.2) is 81.8 Å². The molecule has 1 N–H and O–H groups in total. The summed E-state index contributed by atoms with van der Waals surface area (Å²) in [6, 6.07) is 18.2. The number of carbonyl (C=O) groups excluding carboxylic acids is 1. The molecule has 5 aromatic rings. The molecule has 0 aliphatic carbocycles. The van der Waals surface area contributed by atoms with Crippen molar-refractivity contribution in [2.75, 3.05) is 5.32 Å². The summed E-state index contributed by atoms with van der Waals surface area (Å²) in [6.45, 7) is 0. The van der Waals surface area contributed by atoms with Gasteiger partial charge in [0.15, 0.2) is 17.2 Å². The molecule has 0 atom stereocenters. The molecule has 0 aliphatic rings. The van der Waals surface area contributed by atoms with Crippen molar-refractivity contribution >= 4 is 22.7 Å². The van der Waals surface area contributed by atoms with Gasteiger partial charge >= 0.3 is 0 Å². The molecule has 0 unspecified atom stereocenters. The Bertz CT molecular complexity index is 1390. The molecule has 3 aromatic carbocycles. The maximum Gasteiger partial charge on any atom is 0.227 e. The van der Waals surface area contributed by atoms with Crippen LogP contribution in [0.25, 0.3) is 33.9 Å². The van der Waals surface area contributed by atoms with Gasteiger partial charge in [0.1, 0.15) is 17.2 Å². The summed E-state index contributed by atoms with van der Waals surface area (Å²) in [4.78, 5) is 20.8. The molecule has 0 bridgehead atoms. The number of rotatable bonds is 6. The van der Waals surface area contributed by atoms with Crippen LogP contribution in [0.3, 0.4) is 0 Å². The van der Waals surface area contributed by atoms with Crippen molar-refractivity contribution in [1.82, 2.24) is 9.97 Å². The highest BCUT2D eigenvalue weighted by Crippen LogP contribution is 2.27. The molecule has 33 heavy (non-hydrogen) atoms. The van der Waals surface area contributed by atoms with Gasteiger partial charge in [-0.3, -0.25) is 4.79 Å². The van der Waals surface area contributed by atoms with Crippen LogP contribution in [0.1, 0.15) is 12.3 Å². The topological polar surface area (TPSA) is 81.2 Å². The van der Waals surface area contributed by atoms with Gasteiger partial charge in [-0.05, 0) is 48.5 Å². The molecule has 0 fully saturated rings. The van der Waals surface area contributed by atoms with Crippen LogP contribution in [0.2, 0.25) is 0 Å². The lowest BCUT2D eigenvalue weighted by atomic mass is 10.1. The molecule has 0 saturated heterocycles. The fourth-order valence-corrected chi connectivity index (χ4v) is 3.41. The highest BCUT2D eigenvalue weighted by Gasteiger charge is 2.16. The first-order chi connectivity index (χ1) is 16.1. The van der Waals surface area contributed by atoms with E-state index in [-0.39, 0.29) is 36.0 Å². The van der Waals surface area contributed by atoms with Crippen LogP contribution in [-0.4, -0.2) is 15.9 Å². The molecule has 2 heterocycles. The third-order valence-corrected chi connectivity index (χ3v) is 5.04. The summed E-state index contributed by atoms with van der Waals surface area (Å²) in [6.07, 6.45) is 1.52. The van der Waals surface area contributed by atoms with Crippen LogP contribution in [0.5, 0.6) is 0 Å². The molecule has 8 heteroatoms. The van der Waals surface area contributed by atoms with E-state index in [1.807, 2.05) is 36.4 Å². The maximum atomic E-state index is 13.9. The van der Waals surface area contributed by atoms with Gasteiger partial charge in [-0.1, -0.05) is 18.2 Å². The Kier molecular flexibility index (Phi) is 5.40. The minimum atomic E-state index is -0.739. The lowest BCUT2D eigenvalue weighted by Crippen LogP contribution is -2.12. The fourth-order valence-electron chi connectivity index (χ4n) is 3.41. The molecular formula is C25H17F2N3O3. The van der Waals surface area contributed by atoms with Gasteiger partial charge in [0.2, 0.25) is 11.8 Å². The summed E-state index contributed by atoms with van der Waals surface area (Å²) >= 11 is 0. The molecule has 0 radical (unpaired) electrons. The van der Waals surface area contributed by atoms with Crippen molar-refractivity contribution in [1.29, 1.82) is 0 Å². The van der Waals surface area contributed by atoms with E-state index in [1.54, 1.807) is 12.1 Å². The molecular weight excluding hydrogens is 428 g/mol. The number of aryl methyl sites for hydroxylation is 1. The highest BCUT2D eigenvalue weighted by molar-refractivity contribution is 5.91. The van der Waals surface area contributed by atoms with Crippen molar-refractivity contribution in [3.63, 3.8) is 0 Å². The van der Waals surface area contributed by atoms with Gasteiger partial charge in [-0.2, -0.15) is 0 Å². The number of para-hydroxylation sites is 2. The first-order valence-corrected chi connectivity index (χ1v) is 10.2. The Hall–Kier alpha value is -4.33. The second-order valence-electron chi connectivity index (χ2n) is 7.33. The van der Waals surface area contributed by atoms with Crippen molar-refractivity contribution in [3.8, 4) is 22.8 Å². The quantitative estimate of drug-likeness (QED) is 0.347. The van der Waals surface area contributed by atoms with E-state index in [1.165, 1.54) is 12.3 Å². The number of nitrogens with one attached hydrogen (secondary N) is 1. The lowest BCUT2D eigenvalue weighted by Gasteiger charge is -2.05. The Morgan fingerprint density at radius 3 is 2.42 bits per heavy atom. The number of benzene rings is 3. The monoisotopic (exact) mass is 445 g/mol. The minimum Gasteiger partial charge on any atom is -0.441 e. The van der Waals surface area contributed by atoms with Crippen molar-refractivity contribution in [2.45, 2.75) is 12.8 Å². The van der Waals surface area contributed by atoms with Crippen LogP contribution >= 0.6 is 0 Å². The predicted molar refractivity (Wildman–Crippen MR) is 118 cm³/mol. The smallest absolute Gasteiger partial charge is 0.227 e. The summed E-state index contributed by atoms with van der Waals surface area (Å²) in [7, 11) is 0. The van der Waals surface area contributed by atoms with Gasteiger partial charge in [-0.15, -0.1) is 0 Å². The number of amides is 1. The molecule has 2 aromatic heterocycles. The van der Waals surface area contributed by atoms with E-state index in [4.69, 9.17) is 8.83 Å². The van der Waals surface area contributed by atoms with E-state index < -0.39 is 11.6 Å². The average Bonchev–Trinajstić information content (AvgIpc) is 3.45. The summed E-state index contributed by atoms with van der Waals surface area (Å²) in [5, 5.41) is 2.79. The van der Waals surface area contributed by atoms with E-state index >= 15 is 0 Å². The van der Waals surface area contributed by atoms with Crippen molar-refractivity contribution in [2.24, 2.45) is 0 Å². The normalized spacial score (nSPS) is 11.1. The Morgan fingerprint density at radius 1 is 0.909 bits per heavy atom. The van der Waals surface area contributed by atoms with Gasteiger partial charge in [0, 0.05) is 24.1 Å². The highest BCUT2D eigenvalue weighted by atomic mass is 19.1. The number of carbonyl (C=O) groups is 1. The summed E-state index contributed by atoms with van der Waals surface area (Å²) in [5.41, 5.74) is 2.60. The van der Waals surface area contributed by atoms with Crippen LogP contribution in [0.4, 0.5) is 14.5 Å². The van der Waals surface area contributed by atoms with Crippen molar-refractivity contribution < 1.29 is 22.4 Å². The SMILES string of the molecule is O=C(CCc1ncc(-c2c(F)cccc2F)o1)Nc1ccc(-c2nc3ccccc3o2)cc1. The molecule has 1 amide bonds. The van der Waals surface area contributed by atoms with E-state index in [0.29, 0.717) is 17.2 Å². The van der Waals surface area contributed by atoms with E-state index in [9.17, 15) is 13.6 Å².